The Labute approximate surface area is 122 Å². The van der Waals surface area contributed by atoms with Gasteiger partial charge >= 0.3 is 5.97 Å². The number of methoxy groups -OCH3 is 1. The molecule has 0 aromatic carbocycles. The molecule has 0 bridgehead atoms. The second kappa shape index (κ2) is 8.65. The van der Waals surface area contributed by atoms with Crippen LogP contribution in [-0.4, -0.2) is 43.6 Å². The van der Waals surface area contributed by atoms with Crippen LogP contribution in [0.2, 0.25) is 0 Å². The van der Waals surface area contributed by atoms with Gasteiger partial charge in [-0.15, -0.1) is 0 Å². The number of thiazole rings is 1. The molecule has 112 valence electrons. The van der Waals surface area contributed by atoms with Crippen LogP contribution in [0, 0.1) is 0 Å². The van der Waals surface area contributed by atoms with E-state index in [-0.39, 0.29) is 11.5 Å². The summed E-state index contributed by atoms with van der Waals surface area (Å²) in [5.41, 5.74) is 0.0785. The fourth-order valence-electron chi connectivity index (χ4n) is 1.49. The minimum absolute atomic E-state index is 0.0785. The number of nitrogens with zero attached hydrogens (tertiary/aromatic N) is 1. The lowest BCUT2D eigenvalue weighted by molar-refractivity contribution is 0.0591. The molecule has 0 unspecified atom stereocenters. The summed E-state index contributed by atoms with van der Waals surface area (Å²) < 4.78 is 9.97. The van der Waals surface area contributed by atoms with Crippen LogP contribution in [0.3, 0.4) is 0 Å². The predicted octanol–water partition coefficient (Wildman–Crippen LogP) is 2.36. The Kier molecular flexibility index (Phi) is 7.17. The lowest BCUT2D eigenvalue weighted by atomic mass is 10.3. The van der Waals surface area contributed by atoms with Crippen LogP contribution in [0.1, 0.15) is 46.8 Å². The van der Waals surface area contributed by atoms with E-state index in [1.54, 1.807) is 0 Å². The zero-order valence-electron chi connectivity index (χ0n) is 12.0. The SMILES string of the molecule is CCCOCCCNc1nc(C(=O)OC)c(C(C)=O)s1. The maximum atomic E-state index is 11.5. The van der Waals surface area contributed by atoms with Crippen LogP contribution in [0.25, 0.3) is 0 Å². The Hall–Kier alpha value is -1.47. The Bertz CT molecular complexity index is 459. The molecule has 0 fully saturated rings. The fraction of sp³-hybridized carbons (Fsp3) is 0.615. The summed E-state index contributed by atoms with van der Waals surface area (Å²) in [4.78, 5) is 27.4. The van der Waals surface area contributed by atoms with E-state index in [1.165, 1.54) is 25.4 Å². The highest BCUT2D eigenvalue weighted by Crippen LogP contribution is 2.24. The van der Waals surface area contributed by atoms with Gasteiger partial charge in [-0.25, -0.2) is 9.78 Å². The van der Waals surface area contributed by atoms with Crippen LogP contribution in [-0.2, 0) is 9.47 Å². The molecule has 1 N–H and O–H groups in total. The summed E-state index contributed by atoms with van der Waals surface area (Å²) >= 11 is 1.17. The molecule has 1 aromatic rings. The molecular formula is C13H20N2O4S. The molecule has 0 atom stereocenters. The predicted molar refractivity (Wildman–Crippen MR) is 77.7 cm³/mol. The molecule has 0 aliphatic heterocycles. The van der Waals surface area contributed by atoms with Crippen LogP contribution >= 0.6 is 11.3 Å². The number of carbonyl (C=O) groups excluding carboxylic acids is 2. The first-order chi connectivity index (χ1) is 9.60. The van der Waals surface area contributed by atoms with E-state index < -0.39 is 5.97 Å². The van der Waals surface area contributed by atoms with Crippen molar-refractivity contribution in [3.63, 3.8) is 0 Å². The summed E-state index contributed by atoms with van der Waals surface area (Å²) in [6.45, 7) is 5.58. The van der Waals surface area contributed by atoms with Crippen molar-refractivity contribution in [1.29, 1.82) is 0 Å². The maximum absolute atomic E-state index is 11.5. The van der Waals surface area contributed by atoms with Crippen molar-refractivity contribution >= 4 is 28.2 Å². The molecule has 1 aromatic heterocycles. The van der Waals surface area contributed by atoms with Gasteiger partial charge < -0.3 is 14.8 Å². The summed E-state index contributed by atoms with van der Waals surface area (Å²) in [7, 11) is 1.27. The largest absolute Gasteiger partial charge is 0.464 e. The van der Waals surface area contributed by atoms with E-state index >= 15 is 0 Å². The zero-order valence-corrected chi connectivity index (χ0v) is 12.8. The maximum Gasteiger partial charge on any atom is 0.358 e. The first-order valence-corrected chi connectivity index (χ1v) is 7.33. The third-order valence-corrected chi connectivity index (χ3v) is 3.53. The van der Waals surface area contributed by atoms with Gasteiger partial charge in [0.1, 0.15) is 4.88 Å². The van der Waals surface area contributed by atoms with Crippen molar-refractivity contribution in [1.82, 2.24) is 4.98 Å². The van der Waals surface area contributed by atoms with E-state index in [1.807, 2.05) is 0 Å². The van der Waals surface area contributed by atoms with Crippen LogP contribution < -0.4 is 5.32 Å². The normalized spacial score (nSPS) is 10.3. The van der Waals surface area contributed by atoms with Gasteiger partial charge in [0, 0.05) is 26.7 Å². The van der Waals surface area contributed by atoms with Crippen LogP contribution in [0.4, 0.5) is 5.13 Å². The molecular weight excluding hydrogens is 280 g/mol. The zero-order chi connectivity index (χ0) is 15.0. The first kappa shape index (κ1) is 16.6. The molecule has 0 saturated heterocycles. The molecule has 6 nitrogen and oxygen atoms in total. The number of esters is 1. The molecule has 0 radical (unpaired) electrons. The number of ketones is 1. The van der Waals surface area contributed by atoms with Crippen molar-refractivity contribution < 1.29 is 19.1 Å². The van der Waals surface area contributed by atoms with Gasteiger partial charge in [-0.1, -0.05) is 18.3 Å². The number of anilines is 1. The van der Waals surface area contributed by atoms with Crippen molar-refractivity contribution in [3.8, 4) is 0 Å². The summed E-state index contributed by atoms with van der Waals surface area (Å²) in [5, 5.41) is 3.63. The lowest BCUT2D eigenvalue weighted by Gasteiger charge is -2.03. The van der Waals surface area contributed by atoms with Gasteiger partial charge in [-0.2, -0.15) is 0 Å². The number of aromatic nitrogens is 1. The average Bonchev–Trinajstić information content (AvgIpc) is 2.86. The highest BCUT2D eigenvalue weighted by Gasteiger charge is 2.21. The standard InChI is InChI=1S/C13H20N2O4S/c1-4-7-19-8-5-6-14-13-15-10(12(17)18-3)11(20-13)9(2)16/h4-8H2,1-3H3,(H,14,15). The Morgan fingerprint density at radius 1 is 1.35 bits per heavy atom. The van der Waals surface area contributed by atoms with E-state index in [0.29, 0.717) is 23.2 Å². The van der Waals surface area contributed by atoms with Gasteiger partial charge in [-0.05, 0) is 12.8 Å². The molecule has 20 heavy (non-hydrogen) atoms. The average molecular weight is 300 g/mol. The highest BCUT2D eigenvalue weighted by atomic mass is 32.1. The number of hydrogen-bond acceptors (Lipinski definition) is 7. The van der Waals surface area contributed by atoms with E-state index in [0.717, 1.165) is 19.4 Å². The van der Waals surface area contributed by atoms with E-state index in [2.05, 4.69) is 22.0 Å². The quantitative estimate of drug-likeness (QED) is 0.428. The fourth-order valence-corrected chi connectivity index (χ4v) is 2.36. The van der Waals surface area contributed by atoms with Crippen molar-refractivity contribution in [2.24, 2.45) is 0 Å². The summed E-state index contributed by atoms with van der Waals surface area (Å²) in [5.74, 6) is -0.784. The summed E-state index contributed by atoms with van der Waals surface area (Å²) in [6.07, 6.45) is 1.84. The van der Waals surface area contributed by atoms with E-state index in [4.69, 9.17) is 4.74 Å². The van der Waals surface area contributed by atoms with Gasteiger partial charge in [0.15, 0.2) is 16.6 Å². The molecule has 7 heteroatoms. The monoisotopic (exact) mass is 300 g/mol. The number of nitrogens with one attached hydrogen (secondary N) is 1. The second-order valence-corrected chi connectivity index (χ2v) is 5.14. The minimum atomic E-state index is -0.592. The molecule has 0 aliphatic rings. The third kappa shape index (κ3) is 4.90. The number of rotatable bonds is 9. The Morgan fingerprint density at radius 2 is 2.10 bits per heavy atom. The van der Waals surface area contributed by atoms with Crippen molar-refractivity contribution in [3.05, 3.63) is 10.6 Å². The van der Waals surface area contributed by atoms with Crippen molar-refractivity contribution in [2.45, 2.75) is 26.7 Å². The van der Waals surface area contributed by atoms with Crippen LogP contribution in [0.5, 0.6) is 0 Å². The molecule has 0 spiro atoms. The Balaban J connectivity index is 2.54. The van der Waals surface area contributed by atoms with Gasteiger partial charge in [-0.3, -0.25) is 4.79 Å². The van der Waals surface area contributed by atoms with Crippen LogP contribution in [0.15, 0.2) is 0 Å². The topological polar surface area (TPSA) is 77.5 Å². The first-order valence-electron chi connectivity index (χ1n) is 6.51. The van der Waals surface area contributed by atoms with Gasteiger partial charge in [0.2, 0.25) is 0 Å². The van der Waals surface area contributed by atoms with Gasteiger partial charge in [0.25, 0.3) is 0 Å². The second-order valence-electron chi connectivity index (χ2n) is 4.14. The molecule has 0 aliphatic carbocycles. The molecule has 0 saturated carbocycles. The Morgan fingerprint density at radius 3 is 2.70 bits per heavy atom. The summed E-state index contributed by atoms with van der Waals surface area (Å²) in [6, 6.07) is 0. The number of ether oxygens (including phenoxy) is 2. The number of hydrogen-bond donors (Lipinski definition) is 1. The van der Waals surface area contributed by atoms with E-state index in [9.17, 15) is 9.59 Å². The molecule has 1 heterocycles. The highest BCUT2D eigenvalue weighted by molar-refractivity contribution is 7.17. The lowest BCUT2D eigenvalue weighted by Crippen LogP contribution is -2.08. The smallest absolute Gasteiger partial charge is 0.358 e. The third-order valence-electron chi connectivity index (χ3n) is 2.42. The molecule has 0 amide bonds. The van der Waals surface area contributed by atoms with Gasteiger partial charge in [0.05, 0.1) is 7.11 Å². The number of Topliss-reactive ketones (excluding diaryl/α,β-unsaturated/α-hetero) is 1. The molecule has 1 rings (SSSR count). The van der Waals surface area contributed by atoms with Crippen molar-refractivity contribution in [2.75, 3.05) is 32.2 Å². The number of carbonyl (C=O) groups is 2. The minimum Gasteiger partial charge on any atom is -0.464 e.